The SMILES string of the molecule is CSc1ccccc1NC(=O)C(C)Oc1cccc(I)c1. The first kappa shape index (κ1) is 16.2. The van der Waals surface area contributed by atoms with E-state index >= 15 is 0 Å². The summed E-state index contributed by atoms with van der Waals surface area (Å²) in [5.74, 6) is 0.540. The minimum absolute atomic E-state index is 0.157. The molecule has 0 bridgehead atoms. The van der Waals surface area contributed by atoms with E-state index in [1.165, 1.54) is 0 Å². The van der Waals surface area contributed by atoms with E-state index in [4.69, 9.17) is 4.74 Å². The second-order valence-electron chi connectivity index (χ2n) is 4.41. The van der Waals surface area contributed by atoms with Crippen LogP contribution in [0.2, 0.25) is 0 Å². The van der Waals surface area contributed by atoms with E-state index in [-0.39, 0.29) is 5.91 Å². The summed E-state index contributed by atoms with van der Waals surface area (Å²) in [5, 5.41) is 2.91. The molecule has 0 aliphatic heterocycles. The minimum atomic E-state index is -0.557. The highest BCUT2D eigenvalue weighted by molar-refractivity contribution is 14.1. The summed E-state index contributed by atoms with van der Waals surface area (Å²) in [4.78, 5) is 13.3. The second kappa shape index (κ2) is 7.70. The first-order valence-corrected chi connectivity index (χ1v) is 8.76. The fraction of sp³-hybridized carbons (Fsp3) is 0.188. The second-order valence-corrected chi connectivity index (χ2v) is 6.50. The first-order chi connectivity index (χ1) is 10.1. The predicted octanol–water partition coefficient (Wildman–Crippen LogP) is 4.42. The van der Waals surface area contributed by atoms with Gasteiger partial charge in [-0.1, -0.05) is 18.2 Å². The van der Waals surface area contributed by atoms with Gasteiger partial charge in [0.1, 0.15) is 5.75 Å². The number of carbonyl (C=O) groups is 1. The van der Waals surface area contributed by atoms with Crippen molar-refractivity contribution in [1.82, 2.24) is 0 Å². The van der Waals surface area contributed by atoms with Crippen LogP contribution in [0.5, 0.6) is 5.75 Å². The van der Waals surface area contributed by atoms with Crippen LogP contribution in [0, 0.1) is 3.57 Å². The molecule has 0 fully saturated rings. The average molecular weight is 413 g/mol. The van der Waals surface area contributed by atoms with Gasteiger partial charge in [0, 0.05) is 8.47 Å². The van der Waals surface area contributed by atoms with Gasteiger partial charge in [0.25, 0.3) is 5.91 Å². The normalized spacial score (nSPS) is 11.8. The summed E-state index contributed by atoms with van der Waals surface area (Å²) in [6.07, 6.45) is 1.43. The van der Waals surface area contributed by atoms with Gasteiger partial charge in [-0.05, 0) is 66.1 Å². The van der Waals surface area contributed by atoms with Gasteiger partial charge in [-0.25, -0.2) is 0 Å². The number of hydrogen-bond donors (Lipinski definition) is 1. The van der Waals surface area contributed by atoms with Crippen LogP contribution in [0.15, 0.2) is 53.4 Å². The van der Waals surface area contributed by atoms with Crippen LogP contribution in [-0.2, 0) is 4.79 Å². The highest BCUT2D eigenvalue weighted by Crippen LogP contribution is 2.25. The number of amides is 1. The maximum absolute atomic E-state index is 12.2. The Morgan fingerprint density at radius 1 is 1.24 bits per heavy atom. The van der Waals surface area contributed by atoms with Gasteiger partial charge in [-0.3, -0.25) is 4.79 Å². The summed E-state index contributed by atoms with van der Waals surface area (Å²) in [5.41, 5.74) is 0.813. The van der Waals surface area contributed by atoms with E-state index in [1.807, 2.05) is 54.8 Å². The molecule has 0 aromatic heterocycles. The zero-order valence-electron chi connectivity index (χ0n) is 11.8. The molecule has 0 saturated carbocycles. The van der Waals surface area contributed by atoms with Gasteiger partial charge >= 0.3 is 0 Å². The molecule has 1 N–H and O–H groups in total. The summed E-state index contributed by atoms with van der Waals surface area (Å²) in [6, 6.07) is 15.4. The van der Waals surface area contributed by atoms with E-state index in [0.717, 1.165) is 14.2 Å². The number of carbonyl (C=O) groups excluding carboxylic acids is 1. The first-order valence-electron chi connectivity index (χ1n) is 6.46. The van der Waals surface area contributed by atoms with Crippen molar-refractivity contribution >= 4 is 45.9 Å². The number of ether oxygens (including phenoxy) is 1. The number of nitrogens with one attached hydrogen (secondary N) is 1. The maximum atomic E-state index is 12.2. The van der Waals surface area contributed by atoms with E-state index < -0.39 is 6.10 Å². The minimum Gasteiger partial charge on any atom is -0.481 e. The van der Waals surface area contributed by atoms with E-state index in [2.05, 4.69) is 27.9 Å². The Kier molecular flexibility index (Phi) is 5.93. The highest BCUT2D eigenvalue weighted by atomic mass is 127. The Hall–Kier alpha value is -1.21. The number of halogens is 1. The van der Waals surface area contributed by atoms with E-state index in [9.17, 15) is 4.79 Å². The number of benzene rings is 2. The molecule has 3 nitrogen and oxygen atoms in total. The number of rotatable bonds is 5. The van der Waals surface area contributed by atoms with Crippen LogP contribution < -0.4 is 10.1 Å². The quantitative estimate of drug-likeness (QED) is 0.583. The van der Waals surface area contributed by atoms with Crippen molar-refractivity contribution in [3.05, 3.63) is 52.1 Å². The monoisotopic (exact) mass is 413 g/mol. The van der Waals surface area contributed by atoms with Crippen molar-refractivity contribution in [2.24, 2.45) is 0 Å². The van der Waals surface area contributed by atoms with Gasteiger partial charge in [-0.15, -0.1) is 11.8 Å². The molecule has 0 saturated heterocycles. The molecule has 21 heavy (non-hydrogen) atoms. The molecule has 0 aliphatic carbocycles. The molecule has 2 aromatic carbocycles. The third kappa shape index (κ3) is 4.64. The van der Waals surface area contributed by atoms with Gasteiger partial charge in [-0.2, -0.15) is 0 Å². The van der Waals surface area contributed by atoms with Crippen molar-refractivity contribution in [3.8, 4) is 5.75 Å². The van der Waals surface area contributed by atoms with Crippen molar-refractivity contribution < 1.29 is 9.53 Å². The lowest BCUT2D eigenvalue weighted by molar-refractivity contribution is -0.122. The molecule has 0 spiro atoms. The van der Waals surface area contributed by atoms with Crippen LogP contribution in [0.4, 0.5) is 5.69 Å². The number of hydrogen-bond acceptors (Lipinski definition) is 3. The summed E-state index contributed by atoms with van der Waals surface area (Å²) < 4.78 is 6.75. The number of thioether (sulfide) groups is 1. The van der Waals surface area contributed by atoms with Crippen molar-refractivity contribution in [1.29, 1.82) is 0 Å². The molecule has 2 aromatic rings. The summed E-state index contributed by atoms with van der Waals surface area (Å²) in [7, 11) is 0. The standard InChI is InChI=1S/C16H16INO2S/c1-11(20-13-7-5-6-12(17)10-13)16(19)18-14-8-3-4-9-15(14)21-2/h3-11H,1-2H3,(H,18,19). The van der Waals surface area contributed by atoms with Crippen molar-refractivity contribution in [3.63, 3.8) is 0 Å². The maximum Gasteiger partial charge on any atom is 0.265 e. The molecule has 0 heterocycles. The molecule has 1 unspecified atom stereocenters. The smallest absolute Gasteiger partial charge is 0.265 e. The Bertz CT molecular complexity index is 633. The van der Waals surface area contributed by atoms with Gasteiger partial charge in [0.2, 0.25) is 0 Å². The Morgan fingerprint density at radius 3 is 2.71 bits per heavy atom. The predicted molar refractivity (Wildman–Crippen MR) is 96.1 cm³/mol. The summed E-state index contributed by atoms with van der Waals surface area (Å²) in [6.45, 7) is 1.75. The van der Waals surface area contributed by atoms with Gasteiger partial charge in [0.05, 0.1) is 5.69 Å². The molecular weight excluding hydrogens is 397 g/mol. The Morgan fingerprint density at radius 2 is 2.00 bits per heavy atom. The lowest BCUT2D eigenvalue weighted by atomic mass is 10.3. The third-order valence-electron chi connectivity index (χ3n) is 2.84. The molecule has 110 valence electrons. The van der Waals surface area contributed by atoms with Crippen LogP contribution in [0.3, 0.4) is 0 Å². The van der Waals surface area contributed by atoms with Crippen LogP contribution >= 0.6 is 34.4 Å². The lowest BCUT2D eigenvalue weighted by Gasteiger charge is -2.16. The molecular formula is C16H16INO2S. The fourth-order valence-electron chi connectivity index (χ4n) is 1.78. The molecule has 0 radical (unpaired) electrons. The van der Waals surface area contributed by atoms with Crippen molar-refractivity contribution in [2.45, 2.75) is 17.9 Å². The Labute approximate surface area is 142 Å². The zero-order chi connectivity index (χ0) is 15.2. The molecule has 5 heteroatoms. The van der Waals surface area contributed by atoms with Crippen LogP contribution in [-0.4, -0.2) is 18.3 Å². The molecule has 1 atom stereocenters. The lowest BCUT2D eigenvalue weighted by Crippen LogP contribution is -2.30. The van der Waals surface area contributed by atoms with E-state index in [0.29, 0.717) is 5.75 Å². The van der Waals surface area contributed by atoms with E-state index in [1.54, 1.807) is 18.7 Å². The number of anilines is 1. The molecule has 2 rings (SSSR count). The fourth-order valence-corrected chi connectivity index (χ4v) is 2.85. The molecule has 0 aliphatic rings. The van der Waals surface area contributed by atoms with Gasteiger partial charge in [0.15, 0.2) is 6.10 Å². The van der Waals surface area contributed by atoms with Crippen LogP contribution in [0.1, 0.15) is 6.92 Å². The van der Waals surface area contributed by atoms with Crippen LogP contribution in [0.25, 0.3) is 0 Å². The largest absolute Gasteiger partial charge is 0.481 e. The topological polar surface area (TPSA) is 38.3 Å². The van der Waals surface area contributed by atoms with Crippen molar-refractivity contribution in [2.75, 3.05) is 11.6 Å². The number of para-hydroxylation sites is 1. The molecule has 1 amide bonds. The third-order valence-corrected chi connectivity index (χ3v) is 4.31. The summed E-state index contributed by atoms with van der Waals surface area (Å²) >= 11 is 3.81. The van der Waals surface area contributed by atoms with Gasteiger partial charge < -0.3 is 10.1 Å². The zero-order valence-corrected chi connectivity index (χ0v) is 14.8. The Balaban J connectivity index is 2.02. The highest BCUT2D eigenvalue weighted by Gasteiger charge is 2.16. The average Bonchev–Trinajstić information content (AvgIpc) is 2.47.